The topological polar surface area (TPSA) is 408 Å². The first-order valence-electron chi connectivity index (χ1n) is 18.2. The van der Waals surface area contributed by atoms with Gasteiger partial charge in [0.25, 0.3) is 0 Å². The second-order valence-electron chi connectivity index (χ2n) is 14.6. The maximum absolute atomic E-state index is 14.1. The fourth-order valence-electron chi connectivity index (χ4n) is 6.97. The summed E-state index contributed by atoms with van der Waals surface area (Å²) < 4.78 is 0. The molecule has 0 spiro atoms. The highest BCUT2D eigenvalue weighted by atomic mass is 16.3. The van der Waals surface area contributed by atoms with Crippen molar-refractivity contribution in [1.82, 2.24) is 31.1 Å². The molecule has 14 atom stereocenters. The molecule has 3 saturated heterocycles. The molecule has 3 aliphatic heterocycles. The molecular formula is C34H50N8O16. The highest BCUT2D eigenvalue weighted by molar-refractivity contribution is 5.98. The zero-order valence-corrected chi connectivity index (χ0v) is 31.1. The molecule has 24 heteroatoms. The molecule has 322 valence electrons. The Labute approximate surface area is 329 Å². The van der Waals surface area contributed by atoms with Crippen molar-refractivity contribution in [2.75, 3.05) is 13.1 Å². The smallest absolute Gasteiger partial charge is 0.248 e. The van der Waals surface area contributed by atoms with E-state index in [-0.39, 0.29) is 17.7 Å². The molecule has 0 aromatic heterocycles. The molecule has 17 N–H and O–H groups in total. The van der Waals surface area contributed by atoms with Crippen LogP contribution in [-0.2, 0) is 33.6 Å². The van der Waals surface area contributed by atoms with Crippen LogP contribution in [0.3, 0.4) is 0 Å². The van der Waals surface area contributed by atoms with Crippen molar-refractivity contribution in [3.63, 3.8) is 0 Å². The first-order chi connectivity index (χ1) is 27.1. The minimum atomic E-state index is -2.33. The summed E-state index contributed by atoms with van der Waals surface area (Å²) in [6.07, 6.45) is -18.0. The molecule has 0 bridgehead atoms. The first kappa shape index (κ1) is 45.6. The Bertz CT molecular complexity index is 1700. The van der Waals surface area contributed by atoms with Gasteiger partial charge in [0.1, 0.15) is 54.3 Å². The van der Waals surface area contributed by atoms with Crippen LogP contribution in [-0.4, -0.2) is 189 Å². The number of aliphatic hydroxyl groups excluding tert-OH is 8. The van der Waals surface area contributed by atoms with Crippen LogP contribution in [0.5, 0.6) is 5.75 Å². The molecule has 3 aliphatic rings. The van der Waals surface area contributed by atoms with E-state index in [2.05, 4.69) is 16.0 Å². The van der Waals surface area contributed by atoms with E-state index in [1.807, 2.05) is 5.32 Å². The monoisotopic (exact) mass is 826 g/mol. The van der Waals surface area contributed by atoms with E-state index in [9.17, 15) is 79.5 Å². The minimum Gasteiger partial charge on any atom is -0.508 e. The van der Waals surface area contributed by atoms with Crippen LogP contribution in [0.25, 0.3) is 0 Å². The molecule has 0 saturated carbocycles. The van der Waals surface area contributed by atoms with E-state index in [1.165, 1.54) is 0 Å². The van der Waals surface area contributed by atoms with Crippen LogP contribution in [0, 0.1) is 0 Å². The number of aromatic hydroxyl groups is 1. The maximum Gasteiger partial charge on any atom is 0.248 e. The largest absolute Gasteiger partial charge is 0.508 e. The lowest BCUT2D eigenvalue weighted by Crippen LogP contribution is -2.64. The van der Waals surface area contributed by atoms with Gasteiger partial charge in [-0.25, -0.2) is 0 Å². The lowest BCUT2D eigenvalue weighted by Gasteiger charge is -2.34. The van der Waals surface area contributed by atoms with Gasteiger partial charge in [-0.15, -0.1) is 0 Å². The zero-order chi connectivity index (χ0) is 43.3. The third-order valence-corrected chi connectivity index (χ3v) is 10.2. The Morgan fingerprint density at radius 2 is 1.36 bits per heavy atom. The SMILES string of the molecule is CC(O)[C@@H]1NC(=O)[C@@H](N)CC(O)C(O)NC(=O)[C@@H]2C(O)CCN2C(=O)[C@H](C(O)CC(N)=O)NC(=O)[C@H]([C@H](O)C(O)c2ccc(O)cc2)NC(=O)[C@@H]2CC(O)CN2C1=O. The average Bonchev–Trinajstić information content (AvgIpc) is 3.75. The fourth-order valence-corrected chi connectivity index (χ4v) is 6.97. The van der Waals surface area contributed by atoms with Crippen LogP contribution in [0.1, 0.15) is 44.3 Å². The molecule has 1 aromatic rings. The van der Waals surface area contributed by atoms with Gasteiger partial charge in [-0.3, -0.25) is 33.6 Å². The van der Waals surface area contributed by atoms with E-state index in [1.54, 1.807) is 0 Å². The van der Waals surface area contributed by atoms with Crippen molar-refractivity contribution in [2.45, 2.75) is 118 Å². The Hall–Kier alpha value is -5.05. The molecule has 3 heterocycles. The number of hydrogen-bond acceptors (Lipinski definition) is 17. The predicted molar refractivity (Wildman–Crippen MR) is 191 cm³/mol. The molecule has 58 heavy (non-hydrogen) atoms. The number of nitrogens with one attached hydrogen (secondary N) is 4. The van der Waals surface area contributed by atoms with Crippen molar-refractivity contribution >= 4 is 41.4 Å². The van der Waals surface area contributed by atoms with Crippen LogP contribution >= 0.6 is 0 Å². The van der Waals surface area contributed by atoms with Crippen molar-refractivity contribution < 1.29 is 79.5 Å². The minimum absolute atomic E-state index is 0.106. The second-order valence-corrected chi connectivity index (χ2v) is 14.6. The highest BCUT2D eigenvalue weighted by Gasteiger charge is 2.48. The van der Waals surface area contributed by atoms with Gasteiger partial charge in [0, 0.05) is 25.9 Å². The number of phenolic OH excluding ortho intramolecular Hbond substituents is 1. The average molecular weight is 827 g/mol. The highest BCUT2D eigenvalue weighted by Crippen LogP contribution is 2.26. The number of carbonyl (C=O) groups is 7. The Balaban J connectivity index is 1.83. The quantitative estimate of drug-likeness (QED) is 0.121. The van der Waals surface area contributed by atoms with E-state index in [0.717, 1.165) is 36.1 Å². The number of fused-ring (bicyclic) bond motifs is 2. The molecule has 7 amide bonds. The summed E-state index contributed by atoms with van der Waals surface area (Å²) in [6.45, 7) is 0.122. The van der Waals surface area contributed by atoms with E-state index >= 15 is 0 Å². The summed E-state index contributed by atoms with van der Waals surface area (Å²) in [4.78, 5) is 95.8. The first-order valence-corrected chi connectivity index (χ1v) is 18.2. The number of hydrogen-bond donors (Lipinski definition) is 15. The third kappa shape index (κ3) is 10.5. The summed E-state index contributed by atoms with van der Waals surface area (Å²) in [6, 6.07) is -7.07. The molecule has 4 rings (SSSR count). The third-order valence-electron chi connectivity index (χ3n) is 10.2. The molecule has 0 aliphatic carbocycles. The summed E-state index contributed by atoms with van der Waals surface area (Å²) in [5, 5.41) is 105. The molecule has 24 nitrogen and oxygen atoms in total. The standard InChI is InChI=1S/C34H50N8O16/c1-12(43)22-33(57)42-11-15(45)8-17(42)29(53)39-24(27(51)26(50)13-2-4-14(44)5-3-13)31(55)38-23(19(47)10-21(36)49)34(58)41-7-6-18(46)25(41)32(56)40-30(54)20(48)9-16(35)28(52)37-22/h2-5,12,15-20,22-27,30,43-48,50-51,54H,6-11,35H2,1H3,(H2,36,49)(H,37,52)(H,38,55)(H,39,53)(H,40,56)/t12?,15?,16-,17-,18?,19?,20?,22-,23-,24-,25-,26?,27-,30?/m0/s1. The summed E-state index contributed by atoms with van der Waals surface area (Å²) in [5.41, 5.74) is 11.1. The fraction of sp³-hybridized carbons (Fsp3) is 0.618. The van der Waals surface area contributed by atoms with E-state index in [0.29, 0.717) is 4.90 Å². The van der Waals surface area contributed by atoms with Crippen molar-refractivity contribution in [3.8, 4) is 5.75 Å². The summed E-state index contributed by atoms with van der Waals surface area (Å²) >= 11 is 0. The number of rotatable bonds is 7. The van der Waals surface area contributed by atoms with Gasteiger partial charge in [-0.2, -0.15) is 0 Å². The lowest BCUT2D eigenvalue weighted by molar-refractivity contribution is -0.149. The van der Waals surface area contributed by atoms with Crippen molar-refractivity contribution in [3.05, 3.63) is 29.8 Å². The molecule has 1 aromatic carbocycles. The normalized spacial score (nSPS) is 33.0. The number of carbonyl (C=O) groups excluding carboxylic acids is 7. The second kappa shape index (κ2) is 19.1. The number of primary amides is 1. The van der Waals surface area contributed by atoms with Gasteiger partial charge in [0.2, 0.25) is 41.4 Å². The summed E-state index contributed by atoms with van der Waals surface area (Å²) in [5.74, 6) is -9.08. The predicted octanol–water partition coefficient (Wildman–Crippen LogP) is -8.69. The molecular weight excluding hydrogens is 776 g/mol. The van der Waals surface area contributed by atoms with Crippen LogP contribution < -0.4 is 32.7 Å². The van der Waals surface area contributed by atoms with Gasteiger partial charge >= 0.3 is 0 Å². The summed E-state index contributed by atoms with van der Waals surface area (Å²) in [7, 11) is 0. The Morgan fingerprint density at radius 1 is 0.776 bits per heavy atom. The van der Waals surface area contributed by atoms with Gasteiger partial charge in [0.15, 0.2) is 6.23 Å². The number of nitrogens with two attached hydrogens (primary N) is 2. The van der Waals surface area contributed by atoms with Gasteiger partial charge < -0.3 is 88.5 Å². The van der Waals surface area contributed by atoms with Crippen LogP contribution in [0.4, 0.5) is 0 Å². The van der Waals surface area contributed by atoms with E-state index < -0.39 is 159 Å². The molecule has 0 radical (unpaired) electrons. The van der Waals surface area contributed by atoms with Gasteiger partial charge in [-0.1, -0.05) is 12.1 Å². The molecule has 7 unspecified atom stereocenters. The number of nitrogens with zero attached hydrogens (tertiary/aromatic N) is 2. The van der Waals surface area contributed by atoms with Gasteiger partial charge in [0.05, 0.1) is 36.9 Å². The van der Waals surface area contributed by atoms with Crippen LogP contribution in [0.15, 0.2) is 24.3 Å². The molecule has 3 fully saturated rings. The Morgan fingerprint density at radius 3 is 1.97 bits per heavy atom. The van der Waals surface area contributed by atoms with Crippen molar-refractivity contribution in [2.24, 2.45) is 11.5 Å². The van der Waals surface area contributed by atoms with Gasteiger partial charge in [-0.05, 0) is 31.0 Å². The van der Waals surface area contributed by atoms with E-state index in [4.69, 9.17) is 11.5 Å². The van der Waals surface area contributed by atoms with Crippen molar-refractivity contribution in [1.29, 1.82) is 0 Å². The Kier molecular flexibility index (Phi) is 15.1. The number of aliphatic hydroxyl groups is 8. The zero-order valence-electron chi connectivity index (χ0n) is 31.1. The van der Waals surface area contributed by atoms with Crippen LogP contribution in [0.2, 0.25) is 0 Å². The maximum atomic E-state index is 14.1. The number of amides is 7. The lowest BCUT2D eigenvalue weighted by atomic mass is 9.96. The number of benzene rings is 1. The number of phenols is 1.